The van der Waals surface area contributed by atoms with E-state index in [-0.39, 0.29) is 19.0 Å². The number of aromatic nitrogens is 2. The zero-order chi connectivity index (χ0) is 25.9. The van der Waals surface area contributed by atoms with Gasteiger partial charge in [-0.05, 0) is 61.7 Å². The Morgan fingerprint density at radius 3 is 2.39 bits per heavy atom. The minimum atomic E-state index is -3.51. The molecule has 0 radical (unpaired) electrons. The van der Waals surface area contributed by atoms with Crippen molar-refractivity contribution in [3.63, 3.8) is 0 Å². The summed E-state index contributed by atoms with van der Waals surface area (Å²) in [7, 11) is -3.51. The Labute approximate surface area is 211 Å². The minimum Gasteiger partial charge on any atom is -0.343 e. The Kier molecular flexibility index (Phi) is 7.21. The topological polar surface area (TPSA) is 105 Å². The van der Waals surface area contributed by atoms with Crippen molar-refractivity contribution >= 4 is 21.6 Å². The van der Waals surface area contributed by atoms with E-state index in [1.54, 1.807) is 24.3 Å². The van der Waals surface area contributed by atoms with Gasteiger partial charge in [-0.15, -0.1) is 0 Å². The molecule has 1 aromatic heterocycles. The molecule has 0 fully saturated rings. The predicted molar refractivity (Wildman–Crippen MR) is 139 cm³/mol. The van der Waals surface area contributed by atoms with Crippen LogP contribution < -0.4 is 9.62 Å². The van der Waals surface area contributed by atoms with Gasteiger partial charge >= 0.3 is 0 Å². The predicted octanol–water partition coefficient (Wildman–Crippen LogP) is 4.56. The molecule has 0 saturated heterocycles. The summed E-state index contributed by atoms with van der Waals surface area (Å²) in [4.78, 5) is 17.0. The fourth-order valence-electron chi connectivity index (χ4n) is 3.78. The van der Waals surface area contributed by atoms with Gasteiger partial charge in [-0.3, -0.25) is 9.10 Å². The third-order valence-corrected chi connectivity index (χ3v) is 6.85. The summed E-state index contributed by atoms with van der Waals surface area (Å²) < 4.78 is 31.7. The number of sulfonamides is 1. The molecule has 0 aliphatic carbocycles. The maximum Gasteiger partial charge on any atom is 0.251 e. The first-order valence-corrected chi connectivity index (χ1v) is 13.3. The first-order valence-electron chi connectivity index (χ1n) is 11.4. The van der Waals surface area contributed by atoms with Crippen molar-refractivity contribution in [2.75, 3.05) is 10.6 Å². The number of nitrogens with zero attached hydrogens (tertiary/aromatic N) is 3. The molecule has 0 bridgehead atoms. The molecule has 4 aromatic rings. The van der Waals surface area contributed by atoms with E-state index in [4.69, 9.17) is 4.52 Å². The van der Waals surface area contributed by atoms with Crippen LogP contribution in [0.25, 0.3) is 11.4 Å². The number of aryl methyl sites for hydroxylation is 3. The maximum absolute atomic E-state index is 12.6. The lowest BCUT2D eigenvalue weighted by Gasteiger charge is -2.25. The molecule has 1 amide bonds. The summed E-state index contributed by atoms with van der Waals surface area (Å²) in [6.07, 6.45) is 1.19. The molecule has 0 atom stereocenters. The highest BCUT2D eigenvalue weighted by Gasteiger charge is 2.20. The van der Waals surface area contributed by atoms with Gasteiger partial charge in [0.25, 0.3) is 5.91 Å². The van der Waals surface area contributed by atoms with Crippen molar-refractivity contribution in [1.82, 2.24) is 15.5 Å². The Hall–Kier alpha value is -3.98. The van der Waals surface area contributed by atoms with Crippen LogP contribution >= 0.6 is 0 Å². The van der Waals surface area contributed by atoms with Crippen molar-refractivity contribution in [2.45, 2.75) is 33.9 Å². The quantitative estimate of drug-likeness (QED) is 0.377. The second kappa shape index (κ2) is 10.3. The SMILES string of the molecule is Cc1cccc(-c2noc(CNC(=O)c3ccc(CN(c4cc(C)ccc4C)S(C)(=O)=O)cc3)n2)c1. The van der Waals surface area contributed by atoms with Crippen molar-refractivity contribution in [2.24, 2.45) is 0 Å². The van der Waals surface area contributed by atoms with Crippen molar-refractivity contribution < 1.29 is 17.7 Å². The van der Waals surface area contributed by atoms with Crippen LogP contribution in [0.1, 0.15) is 38.5 Å². The number of carbonyl (C=O) groups is 1. The summed E-state index contributed by atoms with van der Waals surface area (Å²) in [5.74, 6) is 0.465. The van der Waals surface area contributed by atoms with Gasteiger partial charge in [0, 0.05) is 11.1 Å². The average molecular weight is 505 g/mol. The van der Waals surface area contributed by atoms with Crippen LogP contribution in [0.3, 0.4) is 0 Å². The molecule has 0 spiro atoms. The molecule has 3 aromatic carbocycles. The van der Waals surface area contributed by atoms with Crippen LogP contribution in [0.2, 0.25) is 0 Å². The van der Waals surface area contributed by atoms with E-state index < -0.39 is 10.0 Å². The van der Waals surface area contributed by atoms with Crippen molar-refractivity contribution in [3.8, 4) is 11.4 Å². The standard InChI is InChI=1S/C27H28N4O4S/c1-18-6-5-7-23(14-18)26-29-25(35-30-26)16-28-27(32)22-12-10-21(11-13-22)17-31(36(4,33)34)24-15-19(2)8-9-20(24)3/h5-15H,16-17H2,1-4H3,(H,28,32). The van der Waals surface area contributed by atoms with Crippen LogP contribution in [-0.2, 0) is 23.1 Å². The number of hydrogen-bond donors (Lipinski definition) is 1. The Bertz CT molecular complexity index is 1490. The molecule has 0 aliphatic heterocycles. The molecular weight excluding hydrogens is 476 g/mol. The molecule has 4 rings (SSSR count). The monoisotopic (exact) mass is 504 g/mol. The van der Waals surface area contributed by atoms with Gasteiger partial charge in [0.15, 0.2) is 0 Å². The van der Waals surface area contributed by atoms with Crippen LogP contribution in [0.5, 0.6) is 0 Å². The molecule has 0 unspecified atom stereocenters. The third kappa shape index (κ3) is 5.98. The van der Waals surface area contributed by atoms with Gasteiger partial charge < -0.3 is 9.84 Å². The smallest absolute Gasteiger partial charge is 0.251 e. The Morgan fingerprint density at radius 1 is 0.972 bits per heavy atom. The normalized spacial score (nSPS) is 11.3. The number of benzene rings is 3. The second-order valence-corrected chi connectivity index (χ2v) is 10.7. The first-order chi connectivity index (χ1) is 17.1. The van der Waals surface area contributed by atoms with Crippen molar-refractivity contribution in [1.29, 1.82) is 0 Å². The van der Waals surface area contributed by atoms with Crippen LogP contribution in [0.4, 0.5) is 5.69 Å². The molecule has 0 aliphatic rings. The number of hydrogen-bond acceptors (Lipinski definition) is 6. The van der Waals surface area contributed by atoms with Gasteiger partial charge in [0.05, 0.1) is 25.0 Å². The van der Waals surface area contributed by atoms with Gasteiger partial charge in [-0.1, -0.05) is 53.2 Å². The Balaban J connectivity index is 1.42. The fraction of sp³-hybridized carbons (Fsp3) is 0.222. The van der Waals surface area contributed by atoms with E-state index in [1.165, 1.54) is 10.6 Å². The van der Waals surface area contributed by atoms with E-state index in [9.17, 15) is 13.2 Å². The van der Waals surface area contributed by atoms with E-state index in [0.717, 1.165) is 27.8 Å². The summed E-state index contributed by atoms with van der Waals surface area (Å²) >= 11 is 0. The molecular formula is C27H28N4O4S. The highest BCUT2D eigenvalue weighted by Crippen LogP contribution is 2.26. The van der Waals surface area contributed by atoms with E-state index in [1.807, 2.05) is 63.2 Å². The second-order valence-electron chi connectivity index (χ2n) is 8.82. The molecule has 36 heavy (non-hydrogen) atoms. The zero-order valence-corrected chi connectivity index (χ0v) is 21.5. The first kappa shape index (κ1) is 25.1. The number of nitrogens with one attached hydrogen (secondary N) is 1. The molecule has 8 nitrogen and oxygen atoms in total. The maximum atomic E-state index is 12.6. The van der Waals surface area contributed by atoms with Crippen LogP contribution in [-0.4, -0.2) is 30.7 Å². The summed E-state index contributed by atoms with van der Waals surface area (Å²) in [6.45, 7) is 6.04. The highest BCUT2D eigenvalue weighted by atomic mass is 32.2. The lowest BCUT2D eigenvalue weighted by atomic mass is 10.1. The van der Waals surface area contributed by atoms with Crippen LogP contribution in [0.15, 0.2) is 71.3 Å². The molecule has 1 heterocycles. The number of amides is 1. The average Bonchev–Trinajstić information content (AvgIpc) is 3.31. The minimum absolute atomic E-state index is 0.0912. The lowest BCUT2D eigenvalue weighted by molar-refractivity contribution is 0.0946. The molecule has 1 N–H and O–H groups in total. The van der Waals surface area contributed by atoms with Gasteiger partial charge in [-0.2, -0.15) is 4.98 Å². The molecule has 9 heteroatoms. The Morgan fingerprint density at radius 2 is 1.69 bits per heavy atom. The number of anilines is 1. The summed E-state index contributed by atoms with van der Waals surface area (Å²) in [6, 6.07) is 20.3. The zero-order valence-electron chi connectivity index (χ0n) is 20.6. The summed E-state index contributed by atoms with van der Waals surface area (Å²) in [5.41, 5.74) is 5.62. The fourth-order valence-corrected chi connectivity index (χ4v) is 4.72. The van der Waals surface area contributed by atoms with Gasteiger partial charge in [0.2, 0.25) is 21.7 Å². The van der Waals surface area contributed by atoms with Crippen molar-refractivity contribution in [3.05, 3.63) is 100 Å². The number of carbonyl (C=O) groups excluding carboxylic acids is 1. The van der Waals surface area contributed by atoms with E-state index in [2.05, 4.69) is 15.5 Å². The van der Waals surface area contributed by atoms with Gasteiger partial charge in [0.1, 0.15) is 0 Å². The third-order valence-electron chi connectivity index (χ3n) is 5.72. The number of rotatable bonds is 8. The highest BCUT2D eigenvalue weighted by molar-refractivity contribution is 7.92. The van der Waals surface area contributed by atoms with E-state index in [0.29, 0.717) is 23.0 Å². The van der Waals surface area contributed by atoms with Crippen LogP contribution in [0, 0.1) is 20.8 Å². The van der Waals surface area contributed by atoms with Gasteiger partial charge in [-0.25, -0.2) is 8.42 Å². The summed E-state index contributed by atoms with van der Waals surface area (Å²) in [5, 5.41) is 6.76. The molecule has 0 saturated carbocycles. The van der Waals surface area contributed by atoms with E-state index >= 15 is 0 Å². The lowest BCUT2D eigenvalue weighted by Crippen LogP contribution is -2.30. The molecule has 186 valence electrons. The largest absolute Gasteiger partial charge is 0.343 e.